The van der Waals surface area contributed by atoms with Gasteiger partial charge in [-0.1, -0.05) is 50.2 Å². The quantitative estimate of drug-likeness (QED) is 0.502. The Morgan fingerprint density at radius 3 is 2.47 bits per heavy atom. The summed E-state index contributed by atoms with van der Waals surface area (Å²) in [6.07, 6.45) is 0. The second kappa shape index (κ2) is 8.42. The number of nitrogens with one attached hydrogen (secondary N) is 2. The second-order valence-corrected chi connectivity index (χ2v) is 8.25. The van der Waals surface area contributed by atoms with Gasteiger partial charge in [0.05, 0.1) is 17.0 Å². The minimum Gasteiger partial charge on any atom is -0.345 e. The molecule has 2 aromatic carbocycles. The monoisotopic (exact) mass is 430 g/mol. The summed E-state index contributed by atoms with van der Waals surface area (Å²) in [6, 6.07) is 15.5. The zero-order valence-electron chi connectivity index (χ0n) is 18.6. The van der Waals surface area contributed by atoms with Crippen molar-refractivity contribution in [1.82, 2.24) is 19.9 Å². The van der Waals surface area contributed by atoms with Gasteiger partial charge in [0, 0.05) is 12.2 Å². The van der Waals surface area contributed by atoms with Crippen molar-refractivity contribution in [3.05, 3.63) is 86.2 Å². The molecule has 1 atom stereocenters. The number of amides is 1. The van der Waals surface area contributed by atoms with Crippen LogP contribution in [0.15, 0.2) is 58.1 Å². The second-order valence-electron chi connectivity index (χ2n) is 8.25. The molecule has 0 bridgehead atoms. The third-order valence-corrected chi connectivity index (χ3v) is 5.74. The normalized spacial score (nSPS) is 12.4. The maximum Gasteiger partial charge on any atom is 0.329 e. The highest BCUT2D eigenvalue weighted by Crippen LogP contribution is 2.23. The van der Waals surface area contributed by atoms with Crippen molar-refractivity contribution in [2.24, 2.45) is 0 Å². The van der Waals surface area contributed by atoms with Crippen LogP contribution in [0.2, 0.25) is 0 Å². The van der Waals surface area contributed by atoms with E-state index in [0.29, 0.717) is 12.2 Å². The van der Waals surface area contributed by atoms with E-state index in [-0.39, 0.29) is 34.5 Å². The van der Waals surface area contributed by atoms with Crippen molar-refractivity contribution < 1.29 is 4.79 Å². The molecule has 4 aromatic rings. The number of nitrogens with zero attached hydrogens (tertiary/aromatic N) is 2. The number of rotatable bonds is 5. The predicted molar refractivity (Wildman–Crippen MR) is 126 cm³/mol. The van der Waals surface area contributed by atoms with E-state index in [1.54, 1.807) is 13.0 Å². The molecular formula is C25H26N4O3. The van der Waals surface area contributed by atoms with Crippen molar-refractivity contribution >= 4 is 27.7 Å². The molecular weight excluding hydrogens is 404 g/mol. The fraction of sp³-hybridized carbons (Fsp3) is 0.280. The van der Waals surface area contributed by atoms with E-state index in [9.17, 15) is 14.4 Å². The molecule has 0 radical (unpaired) electrons. The summed E-state index contributed by atoms with van der Waals surface area (Å²) < 4.78 is 1.38. The number of H-pyrrole nitrogens is 1. The van der Waals surface area contributed by atoms with E-state index in [1.165, 1.54) is 4.57 Å². The van der Waals surface area contributed by atoms with Crippen molar-refractivity contribution in [1.29, 1.82) is 0 Å². The van der Waals surface area contributed by atoms with Crippen LogP contribution in [-0.2, 0) is 6.54 Å². The number of aromatic amines is 1. The van der Waals surface area contributed by atoms with E-state index in [1.807, 2.05) is 63.2 Å². The Bertz CT molecular complexity index is 1450. The summed E-state index contributed by atoms with van der Waals surface area (Å²) in [4.78, 5) is 45.2. The summed E-state index contributed by atoms with van der Waals surface area (Å²) in [5.41, 5.74) is 0.910. The molecule has 2 N–H and O–H groups in total. The van der Waals surface area contributed by atoms with Gasteiger partial charge >= 0.3 is 5.69 Å². The zero-order chi connectivity index (χ0) is 23.0. The van der Waals surface area contributed by atoms with Crippen LogP contribution in [0.1, 0.15) is 61.3 Å². The Labute approximate surface area is 185 Å². The molecule has 4 rings (SSSR count). The first-order chi connectivity index (χ1) is 15.3. The number of benzene rings is 2. The maximum atomic E-state index is 13.3. The minimum atomic E-state index is -0.610. The standard InChI is InChI=1S/C25H26N4O3/c1-5-29-22-21(24(31)28-25(29)32)19(13-20(27-22)14(2)3)23(30)26-15(4)17-11-10-16-8-6-7-9-18(16)12-17/h6-15H,5H2,1-4H3,(H,26,30)(H,28,31,32). The van der Waals surface area contributed by atoms with E-state index in [0.717, 1.165) is 16.3 Å². The lowest BCUT2D eigenvalue weighted by Gasteiger charge is -2.17. The lowest BCUT2D eigenvalue weighted by Crippen LogP contribution is -2.34. The lowest BCUT2D eigenvalue weighted by atomic mass is 10.0. The molecule has 0 aliphatic rings. The first kappa shape index (κ1) is 21.5. The van der Waals surface area contributed by atoms with Gasteiger partial charge in [-0.05, 0) is 48.2 Å². The first-order valence-corrected chi connectivity index (χ1v) is 10.8. The number of hydrogen-bond acceptors (Lipinski definition) is 4. The van der Waals surface area contributed by atoms with Crippen LogP contribution in [0.25, 0.3) is 21.8 Å². The molecule has 2 aromatic heterocycles. The van der Waals surface area contributed by atoms with Crippen LogP contribution < -0.4 is 16.6 Å². The Kier molecular flexibility index (Phi) is 5.65. The van der Waals surface area contributed by atoms with Gasteiger partial charge in [-0.15, -0.1) is 0 Å². The van der Waals surface area contributed by atoms with Crippen molar-refractivity contribution in [2.75, 3.05) is 0 Å². The van der Waals surface area contributed by atoms with Gasteiger partial charge in [0.25, 0.3) is 11.5 Å². The Hall–Kier alpha value is -3.74. The van der Waals surface area contributed by atoms with Crippen molar-refractivity contribution in [3.63, 3.8) is 0 Å². The van der Waals surface area contributed by atoms with Gasteiger partial charge in [0.2, 0.25) is 0 Å². The van der Waals surface area contributed by atoms with Gasteiger partial charge in [-0.2, -0.15) is 0 Å². The number of aryl methyl sites for hydroxylation is 1. The van der Waals surface area contributed by atoms with E-state index in [4.69, 9.17) is 0 Å². The minimum absolute atomic E-state index is 0.0172. The molecule has 0 fully saturated rings. The Balaban J connectivity index is 1.80. The van der Waals surface area contributed by atoms with E-state index >= 15 is 0 Å². The molecule has 7 nitrogen and oxygen atoms in total. The molecule has 1 amide bonds. The third kappa shape index (κ3) is 3.82. The highest BCUT2D eigenvalue weighted by atomic mass is 16.2. The smallest absolute Gasteiger partial charge is 0.329 e. The fourth-order valence-corrected chi connectivity index (χ4v) is 3.90. The largest absolute Gasteiger partial charge is 0.345 e. The predicted octanol–water partition coefficient (Wildman–Crippen LogP) is 3.87. The third-order valence-electron chi connectivity index (χ3n) is 5.74. The summed E-state index contributed by atoms with van der Waals surface area (Å²) in [5, 5.41) is 5.35. The van der Waals surface area contributed by atoms with Crippen molar-refractivity contribution in [3.8, 4) is 0 Å². The maximum absolute atomic E-state index is 13.3. The molecule has 164 valence electrons. The van der Waals surface area contributed by atoms with Crippen LogP contribution in [0, 0.1) is 0 Å². The van der Waals surface area contributed by atoms with Gasteiger partial charge in [-0.3, -0.25) is 19.1 Å². The van der Waals surface area contributed by atoms with Crippen LogP contribution >= 0.6 is 0 Å². The van der Waals surface area contributed by atoms with E-state index in [2.05, 4.69) is 15.3 Å². The topological polar surface area (TPSA) is 96.9 Å². The van der Waals surface area contributed by atoms with E-state index < -0.39 is 11.2 Å². The number of fused-ring (bicyclic) bond motifs is 2. The first-order valence-electron chi connectivity index (χ1n) is 10.8. The SMILES string of the molecule is CCn1c(=O)[nH]c(=O)c2c(C(=O)NC(C)c3ccc4ccccc4c3)cc(C(C)C)nc21. The summed E-state index contributed by atoms with van der Waals surface area (Å²) >= 11 is 0. The average Bonchev–Trinajstić information content (AvgIpc) is 2.77. The molecule has 32 heavy (non-hydrogen) atoms. The van der Waals surface area contributed by atoms with Crippen LogP contribution in [0.4, 0.5) is 0 Å². The molecule has 7 heteroatoms. The van der Waals surface area contributed by atoms with Crippen LogP contribution in [0.3, 0.4) is 0 Å². The van der Waals surface area contributed by atoms with Gasteiger partial charge in [-0.25, -0.2) is 9.78 Å². The van der Waals surface area contributed by atoms with Gasteiger partial charge in [0.15, 0.2) is 5.65 Å². The van der Waals surface area contributed by atoms with Crippen LogP contribution in [0.5, 0.6) is 0 Å². The van der Waals surface area contributed by atoms with Gasteiger partial charge in [0.1, 0.15) is 0 Å². The van der Waals surface area contributed by atoms with Crippen LogP contribution in [-0.4, -0.2) is 20.4 Å². The van der Waals surface area contributed by atoms with Crippen molar-refractivity contribution in [2.45, 2.75) is 46.2 Å². The molecule has 1 unspecified atom stereocenters. The number of hydrogen-bond donors (Lipinski definition) is 2. The fourth-order valence-electron chi connectivity index (χ4n) is 3.90. The molecule has 0 aliphatic heterocycles. The Morgan fingerprint density at radius 2 is 1.78 bits per heavy atom. The number of carbonyl (C=O) groups excluding carboxylic acids is 1. The molecule has 0 saturated heterocycles. The number of carbonyl (C=O) groups is 1. The molecule has 0 spiro atoms. The highest BCUT2D eigenvalue weighted by Gasteiger charge is 2.21. The summed E-state index contributed by atoms with van der Waals surface area (Å²) in [7, 11) is 0. The number of pyridine rings is 1. The highest BCUT2D eigenvalue weighted by molar-refractivity contribution is 6.05. The van der Waals surface area contributed by atoms with Gasteiger partial charge < -0.3 is 5.32 Å². The Morgan fingerprint density at radius 1 is 1.06 bits per heavy atom. The molecule has 2 heterocycles. The lowest BCUT2D eigenvalue weighted by molar-refractivity contribution is 0.0941. The number of aromatic nitrogens is 3. The zero-order valence-corrected chi connectivity index (χ0v) is 18.6. The summed E-state index contributed by atoms with van der Waals surface area (Å²) in [6.45, 7) is 7.94. The molecule has 0 aliphatic carbocycles. The molecule has 0 saturated carbocycles. The average molecular weight is 431 g/mol. The summed E-state index contributed by atoms with van der Waals surface area (Å²) in [5.74, 6) is -0.365.